The van der Waals surface area contributed by atoms with E-state index in [2.05, 4.69) is 16.8 Å². The van der Waals surface area contributed by atoms with Gasteiger partial charge in [-0.15, -0.1) is 5.92 Å². The van der Waals surface area contributed by atoms with E-state index in [9.17, 15) is 9.90 Å². The molecule has 1 aromatic carbocycles. The van der Waals surface area contributed by atoms with Crippen LogP contribution in [0.2, 0.25) is 0 Å². The molecule has 4 heteroatoms. The maximum atomic E-state index is 12.0. The number of aromatic amines is 1. The van der Waals surface area contributed by atoms with Crippen molar-refractivity contribution in [2.24, 2.45) is 0 Å². The summed E-state index contributed by atoms with van der Waals surface area (Å²) in [6.45, 7) is 3.45. The molecule has 1 atom stereocenters. The van der Waals surface area contributed by atoms with E-state index in [0.29, 0.717) is 5.56 Å². The topological polar surface area (TPSA) is 62.3 Å². The fourth-order valence-corrected chi connectivity index (χ4v) is 2.02. The zero-order valence-corrected chi connectivity index (χ0v) is 10.9. The smallest absolute Gasteiger partial charge is 0.356 e. The molecule has 0 aliphatic rings. The molecule has 0 saturated carbocycles. The van der Waals surface area contributed by atoms with Crippen LogP contribution in [0, 0.1) is 11.8 Å². The molecule has 2 rings (SSSR count). The van der Waals surface area contributed by atoms with Crippen LogP contribution in [-0.2, 0) is 15.1 Å². The molecule has 2 N–H and O–H groups in total. The summed E-state index contributed by atoms with van der Waals surface area (Å²) in [5.74, 6) is 4.38. The number of carbonyl (C=O) groups excluding carboxylic acids is 1. The van der Waals surface area contributed by atoms with Crippen LogP contribution < -0.4 is 0 Å². The molecule has 2 aromatic rings. The number of hydrogen-bond acceptors (Lipinski definition) is 3. The number of H-pyrrole nitrogens is 1. The summed E-state index contributed by atoms with van der Waals surface area (Å²) in [4.78, 5) is 15.0. The first-order valence-electron chi connectivity index (χ1n) is 6.03. The Balaban J connectivity index is 2.61. The van der Waals surface area contributed by atoms with Gasteiger partial charge in [0.05, 0.1) is 6.61 Å². The van der Waals surface area contributed by atoms with Gasteiger partial charge in [-0.3, -0.25) is 0 Å². The largest absolute Gasteiger partial charge is 0.463 e. The van der Waals surface area contributed by atoms with Crippen molar-refractivity contribution in [3.8, 4) is 11.8 Å². The number of nitrogens with one attached hydrogen (secondary N) is 1. The average molecular weight is 257 g/mol. The lowest BCUT2D eigenvalue weighted by Gasteiger charge is -2.19. The third kappa shape index (κ3) is 2.20. The standard InChI is InChI=1S/C15H15NO3/c1-3-9-15(18,14(17)19-4-2)12-10-16-13-8-6-5-7-11(12)13/h5-8,10,16,18H,4H2,1-2H3. The maximum Gasteiger partial charge on any atom is 0.356 e. The first kappa shape index (κ1) is 13.2. The van der Waals surface area contributed by atoms with Crippen LogP contribution in [0.3, 0.4) is 0 Å². The summed E-state index contributed by atoms with van der Waals surface area (Å²) in [6, 6.07) is 7.40. The Morgan fingerprint density at radius 3 is 2.89 bits per heavy atom. The summed E-state index contributed by atoms with van der Waals surface area (Å²) >= 11 is 0. The first-order chi connectivity index (χ1) is 9.13. The number of rotatable bonds is 3. The van der Waals surface area contributed by atoms with Crippen LogP contribution >= 0.6 is 0 Å². The summed E-state index contributed by atoms with van der Waals surface area (Å²) in [5.41, 5.74) is -0.696. The van der Waals surface area contributed by atoms with E-state index in [4.69, 9.17) is 4.74 Å². The molecule has 0 saturated heterocycles. The number of esters is 1. The first-order valence-corrected chi connectivity index (χ1v) is 6.03. The summed E-state index contributed by atoms with van der Waals surface area (Å²) < 4.78 is 4.93. The number of aliphatic hydroxyl groups is 1. The predicted octanol–water partition coefficient (Wildman–Crippen LogP) is 1.94. The minimum absolute atomic E-state index is 0.189. The number of fused-ring (bicyclic) bond motifs is 1. The van der Waals surface area contributed by atoms with Gasteiger partial charge in [-0.05, 0) is 19.9 Å². The number of aromatic nitrogens is 1. The Labute approximate surface area is 111 Å². The van der Waals surface area contributed by atoms with Gasteiger partial charge in [0.1, 0.15) is 0 Å². The Bertz CT molecular complexity index is 663. The summed E-state index contributed by atoms with van der Waals surface area (Å²) in [6.07, 6.45) is 1.59. The third-order valence-corrected chi connectivity index (χ3v) is 2.86. The SMILES string of the molecule is CC#CC(O)(C(=O)OCC)c1c[nH]c2ccccc12. The second-order valence-corrected chi connectivity index (χ2v) is 4.05. The van der Waals surface area contributed by atoms with Gasteiger partial charge in [-0.2, -0.15) is 0 Å². The van der Waals surface area contributed by atoms with Gasteiger partial charge in [-0.1, -0.05) is 24.1 Å². The summed E-state index contributed by atoms with van der Waals surface area (Å²) in [5, 5.41) is 11.4. The van der Waals surface area contributed by atoms with Gasteiger partial charge in [-0.25, -0.2) is 4.79 Å². The Kier molecular flexibility index (Phi) is 3.59. The molecule has 0 aliphatic heterocycles. The fourth-order valence-electron chi connectivity index (χ4n) is 2.02. The van der Waals surface area contributed by atoms with Crippen molar-refractivity contribution in [1.82, 2.24) is 4.98 Å². The molecule has 0 radical (unpaired) electrons. The molecule has 1 heterocycles. The van der Waals surface area contributed by atoms with E-state index < -0.39 is 11.6 Å². The molecule has 98 valence electrons. The molecule has 0 aliphatic carbocycles. The summed E-state index contributed by atoms with van der Waals surface area (Å²) in [7, 11) is 0. The second kappa shape index (κ2) is 5.17. The zero-order chi connectivity index (χ0) is 13.9. The van der Waals surface area contributed by atoms with Crippen molar-refractivity contribution in [2.45, 2.75) is 19.4 Å². The quantitative estimate of drug-likeness (QED) is 0.652. The third-order valence-electron chi connectivity index (χ3n) is 2.86. The molecular weight excluding hydrogens is 242 g/mol. The van der Waals surface area contributed by atoms with Crippen LogP contribution in [0.4, 0.5) is 0 Å². The Morgan fingerprint density at radius 1 is 1.47 bits per heavy atom. The van der Waals surface area contributed by atoms with Crippen LogP contribution in [0.25, 0.3) is 10.9 Å². The Morgan fingerprint density at radius 2 is 2.21 bits per heavy atom. The number of carbonyl (C=O) groups is 1. The molecule has 4 nitrogen and oxygen atoms in total. The van der Waals surface area contributed by atoms with E-state index in [-0.39, 0.29) is 6.61 Å². The highest BCUT2D eigenvalue weighted by Gasteiger charge is 2.40. The van der Waals surface area contributed by atoms with Crippen molar-refractivity contribution in [1.29, 1.82) is 0 Å². The van der Waals surface area contributed by atoms with Crippen molar-refractivity contribution < 1.29 is 14.6 Å². The fraction of sp³-hybridized carbons (Fsp3) is 0.267. The normalized spacial score (nSPS) is 13.4. The van der Waals surface area contributed by atoms with Gasteiger partial charge >= 0.3 is 5.97 Å². The maximum absolute atomic E-state index is 12.0. The van der Waals surface area contributed by atoms with Gasteiger partial charge in [0, 0.05) is 22.7 Å². The molecule has 19 heavy (non-hydrogen) atoms. The highest BCUT2D eigenvalue weighted by atomic mass is 16.5. The molecule has 0 amide bonds. The number of ether oxygens (including phenoxy) is 1. The zero-order valence-electron chi connectivity index (χ0n) is 10.9. The second-order valence-electron chi connectivity index (χ2n) is 4.05. The van der Waals surface area contributed by atoms with Crippen molar-refractivity contribution in [3.63, 3.8) is 0 Å². The lowest BCUT2D eigenvalue weighted by Crippen LogP contribution is -2.35. The van der Waals surface area contributed by atoms with E-state index in [1.807, 2.05) is 24.3 Å². The van der Waals surface area contributed by atoms with Crippen LogP contribution in [0.15, 0.2) is 30.5 Å². The molecular formula is C15H15NO3. The number of benzene rings is 1. The van der Waals surface area contributed by atoms with Gasteiger partial charge in [0.2, 0.25) is 0 Å². The average Bonchev–Trinajstić information content (AvgIpc) is 2.83. The molecule has 1 aromatic heterocycles. The minimum Gasteiger partial charge on any atom is -0.463 e. The van der Waals surface area contributed by atoms with Crippen LogP contribution in [0.5, 0.6) is 0 Å². The molecule has 0 fully saturated rings. The van der Waals surface area contributed by atoms with E-state index in [1.54, 1.807) is 20.0 Å². The van der Waals surface area contributed by atoms with Gasteiger partial charge < -0.3 is 14.8 Å². The van der Waals surface area contributed by atoms with Crippen molar-refractivity contribution in [2.75, 3.05) is 6.61 Å². The Hall–Kier alpha value is -2.25. The van der Waals surface area contributed by atoms with E-state index in [1.165, 1.54) is 0 Å². The van der Waals surface area contributed by atoms with Gasteiger partial charge in [0.15, 0.2) is 0 Å². The van der Waals surface area contributed by atoms with Crippen LogP contribution in [-0.4, -0.2) is 22.7 Å². The van der Waals surface area contributed by atoms with Gasteiger partial charge in [0.25, 0.3) is 5.60 Å². The lowest BCUT2D eigenvalue weighted by atomic mass is 9.94. The van der Waals surface area contributed by atoms with E-state index >= 15 is 0 Å². The van der Waals surface area contributed by atoms with Crippen molar-refractivity contribution in [3.05, 3.63) is 36.0 Å². The minimum atomic E-state index is -1.94. The molecule has 1 unspecified atom stereocenters. The number of para-hydroxylation sites is 1. The predicted molar refractivity (Wildman–Crippen MR) is 72.3 cm³/mol. The molecule has 0 spiro atoms. The highest BCUT2D eigenvalue weighted by Crippen LogP contribution is 2.29. The molecule has 0 bridgehead atoms. The lowest BCUT2D eigenvalue weighted by molar-refractivity contribution is -0.159. The number of hydrogen-bond donors (Lipinski definition) is 2. The monoisotopic (exact) mass is 257 g/mol. The highest BCUT2D eigenvalue weighted by molar-refractivity contribution is 5.93. The van der Waals surface area contributed by atoms with Crippen molar-refractivity contribution >= 4 is 16.9 Å². The van der Waals surface area contributed by atoms with Crippen LogP contribution in [0.1, 0.15) is 19.4 Å². The van der Waals surface area contributed by atoms with E-state index in [0.717, 1.165) is 10.9 Å².